The van der Waals surface area contributed by atoms with Crippen molar-refractivity contribution in [1.82, 2.24) is 9.97 Å². The molecule has 0 aliphatic carbocycles. The number of ether oxygens (including phenoxy) is 2. The zero-order valence-corrected chi connectivity index (χ0v) is 17.6. The SMILES string of the molecule is CCc1cnc(C(C)Sc2cnc(NC(=O)c3cccc(OC)c3OC)s2)o1. The van der Waals surface area contributed by atoms with Gasteiger partial charge in [0, 0.05) is 6.42 Å². The van der Waals surface area contributed by atoms with E-state index < -0.39 is 0 Å². The summed E-state index contributed by atoms with van der Waals surface area (Å²) in [6.07, 6.45) is 4.30. The highest BCUT2D eigenvalue weighted by atomic mass is 32.2. The van der Waals surface area contributed by atoms with Crippen LogP contribution in [0.3, 0.4) is 0 Å². The van der Waals surface area contributed by atoms with E-state index in [0.29, 0.717) is 28.1 Å². The number of thioether (sulfide) groups is 1. The van der Waals surface area contributed by atoms with E-state index in [0.717, 1.165) is 16.4 Å². The first kappa shape index (κ1) is 20.2. The number of methoxy groups -OCH3 is 2. The third kappa shape index (κ3) is 4.48. The molecule has 0 saturated carbocycles. The molecule has 1 atom stereocenters. The third-order valence-electron chi connectivity index (χ3n) is 3.91. The fraction of sp³-hybridized carbons (Fsp3) is 0.316. The lowest BCUT2D eigenvalue weighted by Crippen LogP contribution is -2.13. The zero-order valence-electron chi connectivity index (χ0n) is 16.0. The number of hydrogen-bond acceptors (Lipinski definition) is 8. The molecule has 0 saturated heterocycles. The lowest BCUT2D eigenvalue weighted by Gasteiger charge is -2.11. The minimum absolute atomic E-state index is 0.0442. The predicted octanol–water partition coefficient (Wildman–Crippen LogP) is 4.82. The lowest BCUT2D eigenvalue weighted by molar-refractivity contribution is 0.102. The van der Waals surface area contributed by atoms with E-state index in [1.165, 1.54) is 25.6 Å². The minimum atomic E-state index is -0.310. The normalized spacial score (nSPS) is 11.9. The number of aryl methyl sites for hydroxylation is 1. The molecule has 0 fully saturated rings. The summed E-state index contributed by atoms with van der Waals surface area (Å²) in [5.74, 6) is 2.12. The van der Waals surface area contributed by atoms with E-state index in [4.69, 9.17) is 13.9 Å². The smallest absolute Gasteiger partial charge is 0.261 e. The number of thiazole rings is 1. The molecule has 0 spiro atoms. The van der Waals surface area contributed by atoms with Gasteiger partial charge in [-0.1, -0.05) is 24.3 Å². The van der Waals surface area contributed by atoms with E-state index in [1.807, 2.05) is 13.8 Å². The van der Waals surface area contributed by atoms with Crippen LogP contribution in [0.25, 0.3) is 0 Å². The second kappa shape index (κ2) is 9.11. The molecule has 2 heterocycles. The Labute approximate surface area is 171 Å². The largest absolute Gasteiger partial charge is 0.493 e. The highest BCUT2D eigenvalue weighted by molar-refractivity contribution is 8.01. The first-order valence-corrected chi connectivity index (χ1v) is 10.3. The number of carbonyl (C=O) groups is 1. The molecule has 1 unspecified atom stereocenters. The molecule has 2 aromatic heterocycles. The summed E-state index contributed by atoms with van der Waals surface area (Å²) in [4.78, 5) is 21.2. The summed E-state index contributed by atoms with van der Waals surface area (Å²) in [6, 6.07) is 5.15. The summed E-state index contributed by atoms with van der Waals surface area (Å²) in [5.41, 5.74) is 0.381. The number of amides is 1. The molecule has 0 aliphatic heterocycles. The lowest BCUT2D eigenvalue weighted by atomic mass is 10.1. The van der Waals surface area contributed by atoms with Crippen molar-refractivity contribution in [3.63, 3.8) is 0 Å². The first-order chi connectivity index (χ1) is 13.5. The Morgan fingerprint density at radius 2 is 2.11 bits per heavy atom. The van der Waals surface area contributed by atoms with Crippen LogP contribution in [0.4, 0.5) is 5.13 Å². The van der Waals surface area contributed by atoms with Gasteiger partial charge in [-0.05, 0) is 19.1 Å². The number of hydrogen-bond donors (Lipinski definition) is 1. The quantitative estimate of drug-likeness (QED) is 0.524. The van der Waals surface area contributed by atoms with Gasteiger partial charge in [-0.25, -0.2) is 9.97 Å². The Morgan fingerprint density at radius 1 is 1.29 bits per heavy atom. The number of aromatic nitrogens is 2. The van der Waals surface area contributed by atoms with Crippen LogP contribution in [0.1, 0.15) is 41.1 Å². The van der Waals surface area contributed by atoms with Crippen molar-refractivity contribution in [3.8, 4) is 11.5 Å². The van der Waals surface area contributed by atoms with Gasteiger partial charge in [-0.3, -0.25) is 10.1 Å². The number of para-hydroxylation sites is 1. The van der Waals surface area contributed by atoms with Gasteiger partial charge in [0.15, 0.2) is 16.6 Å². The Morgan fingerprint density at radius 3 is 2.79 bits per heavy atom. The Balaban J connectivity index is 1.68. The molecule has 0 aliphatic rings. The van der Waals surface area contributed by atoms with Gasteiger partial charge in [0.25, 0.3) is 5.91 Å². The maximum atomic E-state index is 12.6. The molecular weight excluding hydrogens is 398 g/mol. The summed E-state index contributed by atoms with van der Waals surface area (Å²) < 4.78 is 17.2. The van der Waals surface area contributed by atoms with Crippen LogP contribution in [-0.4, -0.2) is 30.1 Å². The fourth-order valence-electron chi connectivity index (χ4n) is 2.50. The summed E-state index contributed by atoms with van der Waals surface area (Å²) in [5, 5.41) is 3.36. The molecule has 0 bridgehead atoms. The maximum absolute atomic E-state index is 12.6. The molecule has 1 N–H and O–H groups in total. The van der Waals surface area contributed by atoms with Crippen molar-refractivity contribution < 1.29 is 18.7 Å². The standard InChI is InChI=1S/C19H21N3O4S2/c1-5-12-9-20-18(26-12)11(2)27-15-10-21-19(28-15)22-17(23)13-7-6-8-14(24-3)16(13)25-4/h6-11H,5H2,1-4H3,(H,21,22,23). The predicted molar refractivity (Wildman–Crippen MR) is 110 cm³/mol. The summed E-state index contributed by atoms with van der Waals surface area (Å²) in [7, 11) is 3.03. The van der Waals surface area contributed by atoms with E-state index >= 15 is 0 Å². The minimum Gasteiger partial charge on any atom is -0.493 e. The molecule has 7 nitrogen and oxygen atoms in total. The van der Waals surface area contributed by atoms with Crippen LogP contribution in [0.15, 0.2) is 39.2 Å². The monoisotopic (exact) mass is 419 g/mol. The maximum Gasteiger partial charge on any atom is 0.261 e. The average Bonchev–Trinajstić information content (AvgIpc) is 3.36. The van der Waals surface area contributed by atoms with Gasteiger partial charge in [0.1, 0.15) is 5.76 Å². The highest BCUT2D eigenvalue weighted by Crippen LogP contribution is 2.39. The van der Waals surface area contributed by atoms with Gasteiger partial charge in [-0.2, -0.15) is 0 Å². The Hall–Kier alpha value is -2.52. The van der Waals surface area contributed by atoms with Crippen molar-refractivity contribution in [3.05, 3.63) is 47.8 Å². The number of oxazole rings is 1. The molecule has 9 heteroatoms. The van der Waals surface area contributed by atoms with Crippen LogP contribution >= 0.6 is 23.1 Å². The molecule has 28 heavy (non-hydrogen) atoms. The van der Waals surface area contributed by atoms with E-state index in [9.17, 15) is 4.79 Å². The topological polar surface area (TPSA) is 86.5 Å². The van der Waals surface area contributed by atoms with Crippen molar-refractivity contribution >= 4 is 34.1 Å². The number of nitrogens with one attached hydrogen (secondary N) is 1. The van der Waals surface area contributed by atoms with E-state index in [-0.39, 0.29) is 11.2 Å². The molecule has 148 valence electrons. The molecule has 3 rings (SSSR count). The molecule has 1 amide bonds. The number of anilines is 1. The highest BCUT2D eigenvalue weighted by Gasteiger charge is 2.19. The first-order valence-electron chi connectivity index (χ1n) is 8.65. The van der Waals surface area contributed by atoms with Crippen LogP contribution in [0.5, 0.6) is 11.5 Å². The van der Waals surface area contributed by atoms with E-state index in [2.05, 4.69) is 15.3 Å². The number of carbonyl (C=O) groups excluding carboxylic acids is 1. The van der Waals surface area contributed by atoms with Gasteiger partial charge < -0.3 is 13.9 Å². The van der Waals surface area contributed by atoms with Gasteiger partial charge >= 0.3 is 0 Å². The van der Waals surface area contributed by atoms with Crippen LogP contribution in [0, 0.1) is 0 Å². The molecule has 1 aromatic carbocycles. The fourth-order valence-corrected chi connectivity index (χ4v) is 4.58. The van der Waals surface area contributed by atoms with Crippen LogP contribution in [-0.2, 0) is 6.42 Å². The summed E-state index contributed by atoms with van der Waals surface area (Å²) in [6.45, 7) is 4.05. The second-order valence-electron chi connectivity index (χ2n) is 5.76. The van der Waals surface area contributed by atoms with Crippen LogP contribution < -0.4 is 14.8 Å². The molecule has 0 radical (unpaired) electrons. The van der Waals surface area contributed by atoms with Crippen molar-refractivity contribution in [2.45, 2.75) is 29.7 Å². The van der Waals surface area contributed by atoms with Crippen molar-refractivity contribution in [2.24, 2.45) is 0 Å². The van der Waals surface area contributed by atoms with Crippen molar-refractivity contribution in [2.75, 3.05) is 19.5 Å². The number of rotatable bonds is 8. The van der Waals surface area contributed by atoms with Gasteiger partial charge in [0.05, 0.1) is 41.6 Å². The van der Waals surface area contributed by atoms with Gasteiger partial charge in [0.2, 0.25) is 5.89 Å². The van der Waals surface area contributed by atoms with E-state index in [1.54, 1.807) is 42.4 Å². The van der Waals surface area contributed by atoms with Crippen LogP contribution in [0.2, 0.25) is 0 Å². The summed E-state index contributed by atoms with van der Waals surface area (Å²) >= 11 is 2.97. The number of nitrogens with zero attached hydrogens (tertiary/aromatic N) is 2. The molecule has 3 aromatic rings. The molecular formula is C19H21N3O4S2. The number of benzene rings is 1. The van der Waals surface area contributed by atoms with Crippen molar-refractivity contribution in [1.29, 1.82) is 0 Å². The Kier molecular flexibility index (Phi) is 6.58. The zero-order chi connectivity index (χ0) is 20.1. The third-order valence-corrected chi connectivity index (χ3v) is 6.05. The Bertz CT molecular complexity index is 954. The second-order valence-corrected chi connectivity index (χ2v) is 8.43. The van der Waals surface area contributed by atoms with Gasteiger partial charge in [-0.15, -0.1) is 11.8 Å². The average molecular weight is 420 g/mol.